The lowest BCUT2D eigenvalue weighted by molar-refractivity contribution is 0.0813. The second kappa shape index (κ2) is 4.26. The van der Waals surface area contributed by atoms with Crippen LogP contribution in [0.4, 0.5) is 0 Å². The lowest BCUT2D eigenvalue weighted by Gasteiger charge is -2.08. The highest BCUT2D eigenvalue weighted by Crippen LogP contribution is 1.92. The number of thiocarbonyl (C=S) groups is 1. The topological polar surface area (TPSA) is 40.5 Å². The minimum atomic E-state index is -0.914. The van der Waals surface area contributed by atoms with E-state index in [4.69, 9.17) is 10.2 Å². The van der Waals surface area contributed by atoms with Gasteiger partial charge >= 0.3 is 0 Å². The maximum absolute atomic E-state index is 8.70. The zero-order valence-corrected chi connectivity index (χ0v) is 5.90. The second-order valence-corrected chi connectivity index (χ2v) is 2.01. The van der Waals surface area contributed by atoms with Crippen molar-refractivity contribution < 1.29 is 10.2 Å². The summed E-state index contributed by atoms with van der Waals surface area (Å²) >= 11 is 8.08. The van der Waals surface area contributed by atoms with E-state index >= 15 is 0 Å². The van der Waals surface area contributed by atoms with Gasteiger partial charge in [0.2, 0.25) is 0 Å². The normalized spacial score (nSPS) is 17.4. The Morgan fingerprint density at radius 3 is 2.25 bits per heavy atom. The van der Waals surface area contributed by atoms with E-state index < -0.39 is 12.2 Å². The molecule has 0 saturated carbocycles. The van der Waals surface area contributed by atoms with Crippen molar-refractivity contribution >= 4 is 30.2 Å². The molecular formula is C4H8O2S2. The highest BCUT2D eigenvalue weighted by Gasteiger charge is 2.09. The van der Waals surface area contributed by atoms with Gasteiger partial charge in [-0.1, -0.05) is 12.2 Å². The molecule has 0 rings (SSSR count). The Bertz CT molecular complexity index is 76.4. The van der Waals surface area contributed by atoms with E-state index in [1.807, 2.05) is 0 Å². The van der Waals surface area contributed by atoms with Gasteiger partial charge in [0.05, 0.1) is 6.10 Å². The molecule has 0 spiro atoms. The Morgan fingerprint density at radius 2 is 2.12 bits per heavy atom. The lowest BCUT2D eigenvalue weighted by atomic mass is 10.3. The molecule has 0 bridgehead atoms. The molecule has 2 nitrogen and oxygen atoms in total. The van der Waals surface area contributed by atoms with Gasteiger partial charge in [0.25, 0.3) is 0 Å². The molecule has 8 heavy (non-hydrogen) atoms. The van der Waals surface area contributed by atoms with Crippen LogP contribution in [0.2, 0.25) is 0 Å². The molecule has 0 amide bonds. The molecule has 0 aromatic rings. The van der Waals surface area contributed by atoms with Gasteiger partial charge in [0.1, 0.15) is 6.10 Å². The molecule has 2 N–H and O–H groups in total. The second-order valence-electron chi connectivity index (χ2n) is 1.38. The van der Waals surface area contributed by atoms with Crippen molar-refractivity contribution in [2.75, 3.05) is 5.75 Å². The fourth-order valence-electron chi connectivity index (χ4n) is 0.199. The van der Waals surface area contributed by atoms with Crippen LogP contribution >= 0.6 is 24.8 Å². The average molecular weight is 152 g/mol. The van der Waals surface area contributed by atoms with Gasteiger partial charge in [-0.3, -0.25) is 0 Å². The standard InChI is InChI=1S/C4H8O2S2/c5-3(1-7)4(6)2-8/h1,3-6,8H,2H2. The van der Waals surface area contributed by atoms with Gasteiger partial charge in [-0.15, -0.1) is 0 Å². The molecular weight excluding hydrogens is 144 g/mol. The third-order valence-electron chi connectivity index (χ3n) is 0.721. The number of hydrogen-bond donors (Lipinski definition) is 3. The van der Waals surface area contributed by atoms with Crippen molar-refractivity contribution in [3.8, 4) is 0 Å². The Morgan fingerprint density at radius 1 is 1.62 bits per heavy atom. The molecule has 0 aliphatic heterocycles. The molecule has 0 aliphatic rings. The van der Waals surface area contributed by atoms with Crippen molar-refractivity contribution in [1.29, 1.82) is 0 Å². The van der Waals surface area contributed by atoms with E-state index in [1.165, 1.54) is 0 Å². The van der Waals surface area contributed by atoms with Crippen LogP contribution in [0.3, 0.4) is 0 Å². The maximum Gasteiger partial charge on any atom is 0.109 e. The van der Waals surface area contributed by atoms with Crippen LogP contribution in [0.25, 0.3) is 0 Å². The molecule has 0 heterocycles. The Balaban J connectivity index is 3.44. The van der Waals surface area contributed by atoms with Crippen LogP contribution in [0.1, 0.15) is 0 Å². The van der Waals surface area contributed by atoms with Crippen LogP contribution in [-0.4, -0.2) is 33.5 Å². The van der Waals surface area contributed by atoms with Gasteiger partial charge in [0.15, 0.2) is 0 Å². The van der Waals surface area contributed by atoms with Crippen molar-refractivity contribution in [3.63, 3.8) is 0 Å². The van der Waals surface area contributed by atoms with Crippen LogP contribution in [-0.2, 0) is 0 Å². The molecule has 0 fully saturated rings. The summed E-state index contributed by atoms with van der Waals surface area (Å²) in [7, 11) is 0. The summed E-state index contributed by atoms with van der Waals surface area (Å²) in [5, 5.41) is 18.5. The predicted octanol–water partition coefficient (Wildman–Crippen LogP) is -0.362. The molecule has 2 unspecified atom stereocenters. The smallest absolute Gasteiger partial charge is 0.109 e. The van der Waals surface area contributed by atoms with Crippen LogP contribution < -0.4 is 0 Å². The molecule has 48 valence electrons. The molecule has 0 aliphatic carbocycles. The summed E-state index contributed by atoms with van der Waals surface area (Å²) in [6.45, 7) is 0. The monoisotopic (exact) mass is 152 g/mol. The molecule has 0 saturated heterocycles. The van der Waals surface area contributed by atoms with Gasteiger partial charge in [-0.25, -0.2) is 0 Å². The van der Waals surface area contributed by atoms with Gasteiger partial charge in [-0.05, 0) is 0 Å². The summed E-state index contributed by atoms with van der Waals surface area (Å²) < 4.78 is 0. The van der Waals surface area contributed by atoms with E-state index in [-0.39, 0.29) is 5.75 Å². The summed E-state index contributed by atoms with van der Waals surface area (Å²) in [5.41, 5.74) is 0. The van der Waals surface area contributed by atoms with Crippen LogP contribution in [0, 0.1) is 0 Å². The van der Waals surface area contributed by atoms with Gasteiger partial charge < -0.3 is 10.2 Å². The SMILES string of the molecule is OC(C=S)C(O)CS. The summed E-state index contributed by atoms with van der Waals surface area (Å²) in [6, 6.07) is 0. The van der Waals surface area contributed by atoms with Crippen molar-refractivity contribution in [1.82, 2.24) is 0 Å². The van der Waals surface area contributed by atoms with E-state index in [9.17, 15) is 0 Å². The Labute approximate surface area is 58.9 Å². The third-order valence-corrected chi connectivity index (χ3v) is 1.37. The first-order valence-corrected chi connectivity index (χ1v) is 3.25. The minimum Gasteiger partial charge on any atom is -0.389 e. The summed E-state index contributed by atoms with van der Waals surface area (Å²) in [5.74, 6) is 0.230. The van der Waals surface area contributed by atoms with Gasteiger partial charge in [-0.2, -0.15) is 12.6 Å². The van der Waals surface area contributed by atoms with E-state index in [2.05, 4.69) is 24.8 Å². The van der Waals surface area contributed by atoms with Crippen LogP contribution in [0.15, 0.2) is 0 Å². The zero-order valence-electron chi connectivity index (χ0n) is 4.19. The van der Waals surface area contributed by atoms with Crippen molar-refractivity contribution in [2.24, 2.45) is 0 Å². The summed E-state index contributed by atoms with van der Waals surface area (Å²) in [6.07, 6.45) is -1.74. The number of rotatable bonds is 3. The predicted molar refractivity (Wildman–Crippen MR) is 39.5 cm³/mol. The minimum absolute atomic E-state index is 0.230. The molecule has 0 aromatic carbocycles. The van der Waals surface area contributed by atoms with Crippen molar-refractivity contribution in [3.05, 3.63) is 0 Å². The first kappa shape index (κ1) is 8.36. The number of aliphatic hydroxyl groups excluding tert-OH is 2. The fraction of sp³-hybridized carbons (Fsp3) is 0.750. The highest BCUT2D eigenvalue weighted by molar-refractivity contribution is 7.80. The molecule has 4 heteroatoms. The third kappa shape index (κ3) is 2.61. The highest BCUT2D eigenvalue weighted by atomic mass is 32.1. The Hall–Kier alpha value is 0.360. The largest absolute Gasteiger partial charge is 0.389 e. The Kier molecular flexibility index (Phi) is 4.45. The van der Waals surface area contributed by atoms with E-state index in [1.54, 1.807) is 0 Å². The molecule has 0 radical (unpaired) electrons. The van der Waals surface area contributed by atoms with Crippen LogP contribution in [0.5, 0.6) is 0 Å². The molecule has 0 aromatic heterocycles. The van der Waals surface area contributed by atoms with Gasteiger partial charge in [0, 0.05) is 11.1 Å². The summed E-state index contributed by atoms with van der Waals surface area (Å²) in [4.78, 5) is 0. The first-order valence-electron chi connectivity index (χ1n) is 2.14. The number of aliphatic hydroxyl groups is 2. The van der Waals surface area contributed by atoms with E-state index in [0.29, 0.717) is 0 Å². The quantitative estimate of drug-likeness (QED) is 0.382. The first-order chi connectivity index (χ1) is 3.72. The number of thiol groups is 1. The lowest BCUT2D eigenvalue weighted by Crippen LogP contribution is -2.27. The fourth-order valence-corrected chi connectivity index (χ4v) is 0.596. The maximum atomic E-state index is 8.70. The van der Waals surface area contributed by atoms with E-state index in [0.717, 1.165) is 5.37 Å². The molecule has 2 atom stereocenters. The number of hydrogen-bond acceptors (Lipinski definition) is 4. The van der Waals surface area contributed by atoms with Crippen molar-refractivity contribution in [2.45, 2.75) is 12.2 Å². The average Bonchev–Trinajstić information content (AvgIpc) is 1.84. The zero-order chi connectivity index (χ0) is 6.57.